The van der Waals surface area contributed by atoms with Crippen molar-refractivity contribution in [1.82, 2.24) is 5.32 Å². The molecule has 2 aromatic rings. The molecule has 0 aliphatic carbocycles. The number of methoxy groups -OCH3 is 1. The maximum Gasteiger partial charge on any atom is 0.319 e. The van der Waals surface area contributed by atoms with Crippen molar-refractivity contribution in [3.8, 4) is 0 Å². The van der Waals surface area contributed by atoms with E-state index >= 15 is 0 Å². The first-order valence-corrected chi connectivity index (χ1v) is 9.00. The van der Waals surface area contributed by atoms with Gasteiger partial charge in [0.1, 0.15) is 0 Å². The monoisotopic (exact) mass is 345 g/mol. The summed E-state index contributed by atoms with van der Waals surface area (Å²) < 4.78 is 5.01. The number of carbonyl (C=O) groups excluding carboxylic acids is 1. The molecule has 0 radical (unpaired) electrons. The lowest BCUT2D eigenvalue weighted by Gasteiger charge is -2.29. The molecule has 1 aromatic carbocycles. The highest BCUT2D eigenvalue weighted by molar-refractivity contribution is 7.10. The van der Waals surface area contributed by atoms with Gasteiger partial charge in [0.15, 0.2) is 0 Å². The van der Waals surface area contributed by atoms with Crippen LogP contribution in [0.1, 0.15) is 17.4 Å². The third-order valence-electron chi connectivity index (χ3n) is 4.09. The van der Waals surface area contributed by atoms with Crippen LogP contribution in [0.2, 0.25) is 0 Å². The van der Waals surface area contributed by atoms with Gasteiger partial charge in [-0.05, 0) is 54.6 Å². The fourth-order valence-corrected chi connectivity index (χ4v) is 3.80. The number of hydrogen-bond acceptors (Lipinski definition) is 4. The minimum absolute atomic E-state index is 0.0255. The lowest BCUT2D eigenvalue weighted by atomic mass is 10.1. The molecule has 0 saturated heterocycles. The van der Waals surface area contributed by atoms with E-state index in [1.807, 2.05) is 30.4 Å². The zero-order valence-electron chi connectivity index (χ0n) is 14.0. The van der Waals surface area contributed by atoms with Gasteiger partial charge in [-0.1, -0.05) is 0 Å². The van der Waals surface area contributed by atoms with Crippen LogP contribution >= 0.6 is 11.3 Å². The van der Waals surface area contributed by atoms with E-state index in [0.717, 1.165) is 25.2 Å². The van der Waals surface area contributed by atoms with Gasteiger partial charge in [0, 0.05) is 36.5 Å². The molecule has 0 spiro atoms. The van der Waals surface area contributed by atoms with Crippen LogP contribution in [-0.4, -0.2) is 32.3 Å². The minimum atomic E-state index is -0.215. The second kappa shape index (κ2) is 7.68. The summed E-state index contributed by atoms with van der Waals surface area (Å²) in [7, 11) is 1.62. The number of benzene rings is 1. The van der Waals surface area contributed by atoms with Crippen molar-refractivity contribution >= 4 is 28.7 Å². The zero-order chi connectivity index (χ0) is 16.9. The quantitative estimate of drug-likeness (QED) is 0.872. The van der Waals surface area contributed by atoms with Crippen LogP contribution < -0.4 is 15.5 Å². The highest BCUT2D eigenvalue weighted by Gasteiger charge is 2.17. The van der Waals surface area contributed by atoms with Crippen LogP contribution in [0.3, 0.4) is 0 Å². The van der Waals surface area contributed by atoms with E-state index in [0.29, 0.717) is 6.61 Å². The van der Waals surface area contributed by atoms with Gasteiger partial charge in [0.2, 0.25) is 0 Å². The minimum Gasteiger partial charge on any atom is -0.383 e. The van der Waals surface area contributed by atoms with E-state index in [1.165, 1.54) is 16.1 Å². The molecule has 2 N–H and O–H groups in total. The van der Waals surface area contributed by atoms with Gasteiger partial charge in [-0.2, -0.15) is 0 Å². The molecule has 3 rings (SSSR count). The fourth-order valence-electron chi connectivity index (χ4n) is 2.91. The molecule has 6 heteroatoms. The molecule has 1 atom stereocenters. The van der Waals surface area contributed by atoms with Crippen LogP contribution in [0, 0.1) is 0 Å². The number of nitrogens with one attached hydrogen (secondary N) is 2. The zero-order valence-corrected chi connectivity index (χ0v) is 14.9. The van der Waals surface area contributed by atoms with Crippen molar-refractivity contribution in [1.29, 1.82) is 0 Å². The normalized spacial score (nSPS) is 14.8. The van der Waals surface area contributed by atoms with E-state index < -0.39 is 0 Å². The third-order valence-corrected chi connectivity index (χ3v) is 5.12. The number of anilines is 2. The van der Waals surface area contributed by atoms with Gasteiger partial charge in [-0.15, -0.1) is 11.3 Å². The van der Waals surface area contributed by atoms with Crippen LogP contribution in [0.15, 0.2) is 35.7 Å². The summed E-state index contributed by atoms with van der Waals surface area (Å²) in [6.45, 7) is 4.39. The molecular weight excluding hydrogens is 322 g/mol. The second-order valence-corrected chi connectivity index (χ2v) is 7.04. The van der Waals surface area contributed by atoms with Crippen LogP contribution in [-0.2, 0) is 17.7 Å². The molecule has 0 saturated carbocycles. The Kier molecular flexibility index (Phi) is 5.37. The number of urea groups is 1. The first-order chi connectivity index (χ1) is 11.7. The summed E-state index contributed by atoms with van der Waals surface area (Å²) >= 11 is 1.85. The Hall–Kier alpha value is -2.05. The third kappa shape index (κ3) is 4.07. The molecule has 0 fully saturated rings. The van der Waals surface area contributed by atoms with E-state index in [-0.39, 0.29) is 12.1 Å². The Morgan fingerprint density at radius 2 is 2.12 bits per heavy atom. The maximum absolute atomic E-state index is 11.9. The van der Waals surface area contributed by atoms with Crippen molar-refractivity contribution in [3.63, 3.8) is 0 Å². The molecule has 5 nitrogen and oxygen atoms in total. The van der Waals surface area contributed by atoms with Gasteiger partial charge in [0.05, 0.1) is 12.6 Å². The lowest BCUT2D eigenvalue weighted by molar-refractivity contribution is 0.173. The maximum atomic E-state index is 11.9. The van der Waals surface area contributed by atoms with Gasteiger partial charge >= 0.3 is 6.03 Å². The molecule has 1 aromatic heterocycles. The van der Waals surface area contributed by atoms with Crippen molar-refractivity contribution < 1.29 is 9.53 Å². The predicted molar refractivity (Wildman–Crippen MR) is 99.0 cm³/mol. The first kappa shape index (κ1) is 16.8. The predicted octanol–water partition coefficient (Wildman–Crippen LogP) is 3.47. The summed E-state index contributed by atoms with van der Waals surface area (Å²) in [6.07, 6.45) is 1.10. The summed E-state index contributed by atoms with van der Waals surface area (Å²) in [5, 5.41) is 7.85. The average Bonchev–Trinajstić information content (AvgIpc) is 3.03. The summed E-state index contributed by atoms with van der Waals surface area (Å²) in [6, 6.07) is 9.98. The van der Waals surface area contributed by atoms with Gasteiger partial charge in [-0.3, -0.25) is 0 Å². The number of amides is 2. The van der Waals surface area contributed by atoms with Crippen LogP contribution in [0.5, 0.6) is 0 Å². The number of ether oxygens (including phenoxy) is 1. The molecule has 2 heterocycles. The van der Waals surface area contributed by atoms with Crippen LogP contribution in [0.25, 0.3) is 0 Å². The van der Waals surface area contributed by atoms with E-state index in [2.05, 4.69) is 39.1 Å². The number of thiophene rings is 1. The molecular formula is C18H23N3O2S. The number of rotatable bonds is 5. The van der Waals surface area contributed by atoms with E-state index in [9.17, 15) is 4.79 Å². The van der Waals surface area contributed by atoms with Crippen molar-refractivity contribution in [2.45, 2.75) is 25.9 Å². The fraction of sp³-hybridized carbons (Fsp3) is 0.389. The molecule has 0 unspecified atom stereocenters. The molecule has 24 heavy (non-hydrogen) atoms. The highest BCUT2D eigenvalue weighted by Crippen LogP contribution is 2.28. The van der Waals surface area contributed by atoms with Crippen molar-refractivity contribution in [2.75, 3.05) is 30.5 Å². The SMILES string of the molecule is COC[C@@H](C)NC(=O)Nc1ccc(N2CCc3sccc3C2)cc1. The molecule has 2 amide bonds. The Morgan fingerprint density at radius 3 is 2.88 bits per heavy atom. The first-order valence-electron chi connectivity index (χ1n) is 8.12. The van der Waals surface area contributed by atoms with Gasteiger partial charge in [-0.25, -0.2) is 4.79 Å². The topological polar surface area (TPSA) is 53.6 Å². The standard InChI is InChI=1S/C18H23N3O2S/c1-13(12-23-2)19-18(22)20-15-3-5-16(6-4-15)21-9-7-17-14(11-21)8-10-24-17/h3-6,8,10,13H,7,9,11-12H2,1-2H3,(H2,19,20,22)/t13-/m1/s1. The van der Waals surface area contributed by atoms with Crippen LogP contribution in [0.4, 0.5) is 16.2 Å². The molecule has 0 bridgehead atoms. The summed E-state index contributed by atoms with van der Waals surface area (Å²) in [5.41, 5.74) is 3.40. The summed E-state index contributed by atoms with van der Waals surface area (Å²) in [5.74, 6) is 0. The second-order valence-electron chi connectivity index (χ2n) is 6.04. The van der Waals surface area contributed by atoms with Gasteiger partial charge in [0.25, 0.3) is 0 Å². The Morgan fingerprint density at radius 1 is 1.33 bits per heavy atom. The highest BCUT2D eigenvalue weighted by atomic mass is 32.1. The number of fused-ring (bicyclic) bond motifs is 1. The average molecular weight is 345 g/mol. The summed E-state index contributed by atoms with van der Waals surface area (Å²) in [4.78, 5) is 15.8. The lowest BCUT2D eigenvalue weighted by Crippen LogP contribution is -2.38. The number of nitrogens with zero attached hydrogens (tertiary/aromatic N) is 1. The number of hydrogen-bond donors (Lipinski definition) is 2. The molecule has 1 aliphatic heterocycles. The largest absolute Gasteiger partial charge is 0.383 e. The smallest absolute Gasteiger partial charge is 0.319 e. The molecule has 1 aliphatic rings. The Balaban J connectivity index is 1.57. The van der Waals surface area contributed by atoms with E-state index in [1.54, 1.807) is 7.11 Å². The number of carbonyl (C=O) groups is 1. The molecule has 128 valence electrons. The Labute approximate surface area is 146 Å². The van der Waals surface area contributed by atoms with Crippen molar-refractivity contribution in [3.05, 3.63) is 46.2 Å². The van der Waals surface area contributed by atoms with E-state index in [4.69, 9.17) is 4.74 Å². The van der Waals surface area contributed by atoms with Gasteiger partial charge < -0.3 is 20.3 Å². The van der Waals surface area contributed by atoms with Crippen molar-refractivity contribution in [2.24, 2.45) is 0 Å². The Bertz CT molecular complexity index is 684.